The van der Waals surface area contributed by atoms with Crippen molar-refractivity contribution in [3.05, 3.63) is 60.2 Å². The quantitative estimate of drug-likeness (QED) is 0.860. The first-order chi connectivity index (χ1) is 8.46. The highest BCUT2D eigenvalue weighted by Crippen LogP contribution is 2.38. The molecule has 0 amide bonds. The van der Waals surface area contributed by atoms with E-state index in [2.05, 4.69) is 9.97 Å². The van der Waals surface area contributed by atoms with Crippen LogP contribution in [0.4, 0.5) is 0 Å². The Kier molecular flexibility index (Phi) is 3.15. The van der Waals surface area contributed by atoms with Crippen molar-refractivity contribution in [3.8, 4) is 0 Å². The third-order valence-corrected chi connectivity index (χ3v) is 3.28. The highest BCUT2D eigenvalue weighted by molar-refractivity contribution is 5.24. The second kappa shape index (κ2) is 4.48. The zero-order valence-electron chi connectivity index (χ0n) is 10.4. The second-order valence-electron chi connectivity index (χ2n) is 4.57. The topological polar surface area (TPSA) is 66.2 Å². The third kappa shape index (κ3) is 2.00. The van der Waals surface area contributed by atoms with Crippen molar-refractivity contribution in [1.29, 1.82) is 0 Å². The number of rotatable bonds is 3. The fraction of sp³-hybridized carbons (Fsp3) is 0.286. The van der Waals surface area contributed by atoms with Crippen molar-refractivity contribution in [3.63, 3.8) is 0 Å². The van der Waals surface area contributed by atoms with Gasteiger partial charge >= 0.3 is 0 Å². The van der Waals surface area contributed by atoms with E-state index < -0.39 is 11.2 Å². The number of aliphatic hydroxyl groups is 2. The summed E-state index contributed by atoms with van der Waals surface area (Å²) in [6, 6.07) is 10.4. The van der Waals surface area contributed by atoms with E-state index in [0.29, 0.717) is 11.4 Å². The Morgan fingerprint density at radius 2 is 1.17 bits per heavy atom. The maximum absolute atomic E-state index is 10.6. The van der Waals surface area contributed by atoms with Gasteiger partial charge in [0.25, 0.3) is 0 Å². The van der Waals surface area contributed by atoms with E-state index in [1.165, 1.54) is 13.8 Å². The molecule has 2 aromatic heterocycles. The van der Waals surface area contributed by atoms with Crippen LogP contribution in [0.5, 0.6) is 0 Å². The minimum Gasteiger partial charge on any atom is -0.380 e. The molecule has 0 aliphatic carbocycles. The first kappa shape index (κ1) is 12.7. The Bertz CT molecular complexity index is 460. The Morgan fingerprint density at radius 3 is 1.44 bits per heavy atom. The highest BCUT2D eigenvalue weighted by Gasteiger charge is 2.46. The first-order valence-corrected chi connectivity index (χ1v) is 5.74. The molecule has 2 rings (SSSR count). The first-order valence-electron chi connectivity index (χ1n) is 5.74. The molecule has 2 N–H and O–H groups in total. The monoisotopic (exact) mass is 244 g/mol. The summed E-state index contributed by atoms with van der Waals surface area (Å²) < 4.78 is 0. The SMILES string of the molecule is C[C@@](O)(c1ccccn1)[C@](C)(O)c1ccccn1. The summed E-state index contributed by atoms with van der Waals surface area (Å²) in [6.07, 6.45) is 3.16. The van der Waals surface area contributed by atoms with Gasteiger partial charge in [0, 0.05) is 12.4 Å². The van der Waals surface area contributed by atoms with Crippen molar-refractivity contribution < 1.29 is 10.2 Å². The maximum atomic E-state index is 10.6. The fourth-order valence-electron chi connectivity index (χ4n) is 1.80. The molecule has 0 bridgehead atoms. The van der Waals surface area contributed by atoms with Crippen LogP contribution in [-0.2, 0) is 11.2 Å². The van der Waals surface area contributed by atoms with Crippen molar-refractivity contribution in [2.45, 2.75) is 25.0 Å². The minimum absolute atomic E-state index is 0.403. The zero-order chi connectivity index (χ0) is 13.2. The summed E-state index contributed by atoms with van der Waals surface area (Å²) >= 11 is 0. The van der Waals surface area contributed by atoms with Crippen LogP contribution >= 0.6 is 0 Å². The van der Waals surface area contributed by atoms with Crippen molar-refractivity contribution >= 4 is 0 Å². The van der Waals surface area contributed by atoms with Gasteiger partial charge in [-0.25, -0.2) is 0 Å². The maximum Gasteiger partial charge on any atom is 0.138 e. The van der Waals surface area contributed by atoms with Crippen LogP contribution in [-0.4, -0.2) is 20.2 Å². The van der Waals surface area contributed by atoms with Crippen molar-refractivity contribution in [2.75, 3.05) is 0 Å². The molecule has 0 aliphatic heterocycles. The molecular formula is C14H16N2O2. The van der Waals surface area contributed by atoms with E-state index in [9.17, 15) is 10.2 Å². The number of hydrogen-bond acceptors (Lipinski definition) is 4. The van der Waals surface area contributed by atoms with Gasteiger partial charge in [-0.05, 0) is 38.1 Å². The van der Waals surface area contributed by atoms with Gasteiger partial charge in [0.15, 0.2) is 0 Å². The minimum atomic E-state index is -1.53. The Labute approximate surface area is 106 Å². The third-order valence-electron chi connectivity index (χ3n) is 3.28. The molecule has 4 heteroatoms. The summed E-state index contributed by atoms with van der Waals surface area (Å²) in [5.41, 5.74) is -2.24. The molecule has 0 fully saturated rings. The van der Waals surface area contributed by atoms with Gasteiger partial charge in [0.1, 0.15) is 11.2 Å². The van der Waals surface area contributed by atoms with E-state index in [1.807, 2.05) is 0 Å². The average molecular weight is 244 g/mol. The number of aromatic nitrogens is 2. The lowest BCUT2D eigenvalue weighted by atomic mass is 9.80. The van der Waals surface area contributed by atoms with Crippen LogP contribution in [0.1, 0.15) is 25.2 Å². The largest absolute Gasteiger partial charge is 0.380 e. The van der Waals surface area contributed by atoms with Crippen LogP contribution in [0.2, 0.25) is 0 Å². The zero-order valence-corrected chi connectivity index (χ0v) is 10.4. The molecule has 0 radical (unpaired) electrons. The Balaban J connectivity index is 2.47. The lowest BCUT2D eigenvalue weighted by molar-refractivity contribution is -0.147. The highest BCUT2D eigenvalue weighted by atomic mass is 16.4. The van der Waals surface area contributed by atoms with E-state index in [-0.39, 0.29) is 0 Å². The van der Waals surface area contributed by atoms with E-state index >= 15 is 0 Å². The van der Waals surface area contributed by atoms with Gasteiger partial charge in [-0.3, -0.25) is 9.97 Å². The lowest BCUT2D eigenvalue weighted by Crippen LogP contribution is -2.46. The van der Waals surface area contributed by atoms with Gasteiger partial charge < -0.3 is 10.2 Å². The smallest absolute Gasteiger partial charge is 0.138 e. The summed E-state index contributed by atoms with van der Waals surface area (Å²) in [4.78, 5) is 8.21. The number of nitrogens with zero attached hydrogens (tertiary/aromatic N) is 2. The Morgan fingerprint density at radius 1 is 0.778 bits per heavy atom. The standard InChI is InChI=1S/C14H16N2O2/c1-13(17,11-7-3-5-9-15-11)14(2,18)12-8-4-6-10-16-12/h3-10,17-18H,1-2H3/t13-,14-/m1/s1. The van der Waals surface area contributed by atoms with Crippen molar-refractivity contribution in [2.24, 2.45) is 0 Å². The van der Waals surface area contributed by atoms with Gasteiger partial charge in [-0.15, -0.1) is 0 Å². The molecule has 94 valence electrons. The fourth-order valence-corrected chi connectivity index (χ4v) is 1.80. The predicted molar refractivity (Wildman–Crippen MR) is 67.6 cm³/mol. The van der Waals surface area contributed by atoms with Crippen LogP contribution in [0.25, 0.3) is 0 Å². The van der Waals surface area contributed by atoms with Crippen LogP contribution in [0, 0.1) is 0 Å². The van der Waals surface area contributed by atoms with Crippen LogP contribution < -0.4 is 0 Å². The normalized spacial score (nSPS) is 17.8. The molecule has 0 saturated carbocycles. The Hall–Kier alpha value is -1.78. The van der Waals surface area contributed by atoms with Gasteiger partial charge in [0.05, 0.1) is 11.4 Å². The number of pyridine rings is 2. The van der Waals surface area contributed by atoms with E-state index in [4.69, 9.17) is 0 Å². The molecule has 2 atom stereocenters. The predicted octanol–water partition coefficient (Wildman–Crippen LogP) is 1.59. The number of hydrogen-bond donors (Lipinski definition) is 2. The molecule has 2 aromatic rings. The molecule has 4 nitrogen and oxygen atoms in total. The van der Waals surface area contributed by atoms with Crippen LogP contribution in [0.3, 0.4) is 0 Å². The molecule has 0 aliphatic rings. The molecule has 0 unspecified atom stereocenters. The van der Waals surface area contributed by atoms with E-state index in [1.54, 1.807) is 48.8 Å². The van der Waals surface area contributed by atoms with Crippen LogP contribution in [0.15, 0.2) is 48.8 Å². The van der Waals surface area contributed by atoms with E-state index in [0.717, 1.165) is 0 Å². The molecule has 0 spiro atoms. The molecule has 0 saturated heterocycles. The summed E-state index contributed by atoms with van der Waals surface area (Å²) in [5.74, 6) is 0. The second-order valence-corrected chi connectivity index (χ2v) is 4.57. The summed E-state index contributed by atoms with van der Waals surface area (Å²) in [6.45, 7) is 3.06. The summed E-state index contributed by atoms with van der Waals surface area (Å²) in [5, 5.41) is 21.2. The molecular weight excluding hydrogens is 228 g/mol. The molecule has 0 aromatic carbocycles. The van der Waals surface area contributed by atoms with Gasteiger partial charge in [0.2, 0.25) is 0 Å². The average Bonchev–Trinajstić information content (AvgIpc) is 2.40. The molecule has 18 heavy (non-hydrogen) atoms. The van der Waals surface area contributed by atoms with Gasteiger partial charge in [-0.1, -0.05) is 12.1 Å². The van der Waals surface area contributed by atoms with Gasteiger partial charge in [-0.2, -0.15) is 0 Å². The van der Waals surface area contributed by atoms with Crippen molar-refractivity contribution in [1.82, 2.24) is 9.97 Å². The summed E-state index contributed by atoms with van der Waals surface area (Å²) in [7, 11) is 0. The lowest BCUT2D eigenvalue weighted by Gasteiger charge is -2.37. The molecule has 2 heterocycles.